The summed E-state index contributed by atoms with van der Waals surface area (Å²) in [4.78, 5) is 25.8. The molecule has 0 fully saturated rings. The zero-order valence-corrected chi connectivity index (χ0v) is 17.9. The number of rotatable bonds is 7. The molecule has 1 aliphatic carbocycles. The second kappa shape index (κ2) is 9.16. The first-order valence-electron chi connectivity index (χ1n) is 10.8. The summed E-state index contributed by atoms with van der Waals surface area (Å²) >= 11 is 0. The first kappa shape index (κ1) is 20.8. The molecule has 0 saturated heterocycles. The van der Waals surface area contributed by atoms with Gasteiger partial charge >= 0.3 is 5.97 Å². The zero-order chi connectivity index (χ0) is 21.8. The van der Waals surface area contributed by atoms with Crippen molar-refractivity contribution in [3.05, 3.63) is 82.7 Å². The van der Waals surface area contributed by atoms with Crippen molar-refractivity contribution in [1.82, 2.24) is 15.1 Å². The number of hydrogen-bond acceptors (Lipinski definition) is 4. The number of aryl methyl sites for hydroxylation is 1. The number of aromatic nitrogens is 2. The lowest BCUT2D eigenvalue weighted by atomic mass is 10.1. The fourth-order valence-electron chi connectivity index (χ4n) is 4.03. The molecule has 1 unspecified atom stereocenters. The Morgan fingerprint density at radius 1 is 1.10 bits per heavy atom. The van der Waals surface area contributed by atoms with Gasteiger partial charge in [0, 0.05) is 17.7 Å². The Kier molecular flexibility index (Phi) is 6.16. The van der Waals surface area contributed by atoms with E-state index < -0.39 is 12.0 Å². The molecule has 1 atom stereocenters. The summed E-state index contributed by atoms with van der Waals surface area (Å²) in [7, 11) is 0. The van der Waals surface area contributed by atoms with E-state index >= 15 is 0 Å². The highest BCUT2D eigenvalue weighted by molar-refractivity contribution is 5.97. The van der Waals surface area contributed by atoms with E-state index in [4.69, 9.17) is 4.74 Å². The summed E-state index contributed by atoms with van der Waals surface area (Å²) in [5.41, 5.74) is 5.51. The van der Waals surface area contributed by atoms with Gasteiger partial charge in [-0.15, -0.1) is 0 Å². The van der Waals surface area contributed by atoms with Gasteiger partial charge in [0.1, 0.15) is 6.04 Å². The topological polar surface area (TPSA) is 73.2 Å². The Balaban J connectivity index is 1.61. The third-order valence-electron chi connectivity index (χ3n) is 5.58. The van der Waals surface area contributed by atoms with E-state index in [2.05, 4.69) is 10.4 Å². The molecule has 0 spiro atoms. The maximum absolute atomic E-state index is 13.2. The van der Waals surface area contributed by atoms with Crippen molar-refractivity contribution in [2.24, 2.45) is 0 Å². The third-order valence-corrected chi connectivity index (χ3v) is 5.58. The molecule has 31 heavy (non-hydrogen) atoms. The maximum atomic E-state index is 13.2. The van der Waals surface area contributed by atoms with Crippen LogP contribution in [-0.4, -0.2) is 34.3 Å². The zero-order valence-electron chi connectivity index (χ0n) is 17.9. The van der Waals surface area contributed by atoms with Crippen molar-refractivity contribution in [2.75, 3.05) is 6.61 Å². The van der Waals surface area contributed by atoms with E-state index in [-0.39, 0.29) is 12.5 Å². The average Bonchev–Trinajstić information content (AvgIpc) is 3.38. The van der Waals surface area contributed by atoms with E-state index in [0.717, 1.165) is 41.8 Å². The molecule has 1 aromatic heterocycles. The molecule has 1 aliphatic rings. The van der Waals surface area contributed by atoms with Crippen LogP contribution in [0.2, 0.25) is 0 Å². The smallest absolute Gasteiger partial charge is 0.328 e. The highest BCUT2D eigenvalue weighted by Crippen LogP contribution is 2.28. The molecule has 4 rings (SSSR count). The summed E-state index contributed by atoms with van der Waals surface area (Å²) in [6.45, 7) is 4.06. The van der Waals surface area contributed by atoms with Gasteiger partial charge in [-0.05, 0) is 50.8 Å². The largest absolute Gasteiger partial charge is 0.464 e. The molecule has 6 nitrogen and oxygen atoms in total. The van der Waals surface area contributed by atoms with Crippen molar-refractivity contribution >= 4 is 11.9 Å². The van der Waals surface area contributed by atoms with Crippen LogP contribution in [0.4, 0.5) is 0 Å². The Bertz CT molecular complexity index is 1070. The molecular weight excluding hydrogens is 390 g/mol. The lowest BCUT2D eigenvalue weighted by Crippen LogP contribution is -2.43. The number of esters is 1. The van der Waals surface area contributed by atoms with Gasteiger partial charge in [-0.1, -0.05) is 48.0 Å². The van der Waals surface area contributed by atoms with E-state index in [1.807, 2.05) is 66.2 Å². The van der Waals surface area contributed by atoms with Gasteiger partial charge < -0.3 is 10.1 Å². The van der Waals surface area contributed by atoms with Crippen molar-refractivity contribution in [1.29, 1.82) is 0 Å². The molecular formula is C25H27N3O3. The Labute approximate surface area is 182 Å². The van der Waals surface area contributed by atoms with E-state index in [9.17, 15) is 9.59 Å². The minimum Gasteiger partial charge on any atom is -0.464 e. The van der Waals surface area contributed by atoms with Crippen LogP contribution in [0.1, 0.15) is 46.2 Å². The molecule has 0 bridgehead atoms. The normalized spacial score (nSPS) is 13.5. The molecule has 1 heterocycles. The number of nitrogens with zero attached hydrogens (tertiary/aromatic N) is 2. The molecule has 160 valence electrons. The highest BCUT2D eigenvalue weighted by Gasteiger charge is 2.30. The van der Waals surface area contributed by atoms with Crippen LogP contribution < -0.4 is 5.32 Å². The fourth-order valence-corrected chi connectivity index (χ4v) is 4.03. The van der Waals surface area contributed by atoms with Crippen molar-refractivity contribution in [3.63, 3.8) is 0 Å². The summed E-state index contributed by atoms with van der Waals surface area (Å²) in [6.07, 6.45) is 3.05. The predicted molar refractivity (Wildman–Crippen MR) is 118 cm³/mol. The standard InChI is InChI=1S/C25H27N3O3/c1-3-31-25(30)21(16-18-8-5-4-6-9-18)26-24(29)23-20-10-7-11-22(20)28(27-23)19-14-12-17(2)13-15-19/h4-6,8-9,12-15,21H,3,7,10-11,16H2,1-2H3,(H,26,29). The van der Waals surface area contributed by atoms with Crippen LogP contribution >= 0.6 is 0 Å². The van der Waals surface area contributed by atoms with Crippen LogP contribution in [0.15, 0.2) is 54.6 Å². The number of carbonyl (C=O) groups excluding carboxylic acids is 2. The Hall–Kier alpha value is -3.41. The van der Waals surface area contributed by atoms with Crippen LogP contribution in [0.5, 0.6) is 0 Å². The van der Waals surface area contributed by atoms with Crippen LogP contribution in [0, 0.1) is 6.92 Å². The Morgan fingerprint density at radius 3 is 2.55 bits per heavy atom. The molecule has 1 amide bonds. The number of fused-ring (bicyclic) bond motifs is 1. The predicted octanol–water partition coefficient (Wildman–Crippen LogP) is 3.57. The minimum atomic E-state index is -0.767. The number of nitrogens with one attached hydrogen (secondary N) is 1. The van der Waals surface area contributed by atoms with E-state index in [1.54, 1.807) is 6.92 Å². The Morgan fingerprint density at radius 2 is 1.84 bits per heavy atom. The number of carbonyl (C=O) groups is 2. The molecule has 0 radical (unpaired) electrons. The monoisotopic (exact) mass is 417 g/mol. The van der Waals surface area contributed by atoms with Crippen LogP contribution in [-0.2, 0) is 28.8 Å². The third kappa shape index (κ3) is 4.53. The van der Waals surface area contributed by atoms with Crippen LogP contribution in [0.3, 0.4) is 0 Å². The van der Waals surface area contributed by atoms with Crippen molar-refractivity contribution in [2.45, 2.75) is 45.6 Å². The first-order chi connectivity index (χ1) is 15.1. The maximum Gasteiger partial charge on any atom is 0.328 e. The van der Waals surface area contributed by atoms with Gasteiger partial charge in [-0.2, -0.15) is 5.10 Å². The molecule has 0 aliphatic heterocycles. The summed E-state index contributed by atoms with van der Waals surface area (Å²) in [6, 6.07) is 16.9. The van der Waals surface area contributed by atoms with Gasteiger partial charge in [-0.3, -0.25) is 4.79 Å². The number of benzene rings is 2. The number of amides is 1. The van der Waals surface area contributed by atoms with E-state index in [0.29, 0.717) is 12.1 Å². The average molecular weight is 418 g/mol. The highest BCUT2D eigenvalue weighted by atomic mass is 16.5. The second-order valence-corrected chi connectivity index (χ2v) is 7.84. The fraction of sp³-hybridized carbons (Fsp3) is 0.320. The SMILES string of the molecule is CCOC(=O)C(Cc1ccccc1)NC(=O)c1nn(-c2ccc(C)cc2)c2c1CCC2. The number of hydrogen-bond donors (Lipinski definition) is 1. The van der Waals surface area contributed by atoms with Gasteiger partial charge in [0.15, 0.2) is 5.69 Å². The van der Waals surface area contributed by atoms with Gasteiger partial charge in [0.25, 0.3) is 5.91 Å². The van der Waals surface area contributed by atoms with Crippen LogP contribution in [0.25, 0.3) is 5.69 Å². The van der Waals surface area contributed by atoms with Gasteiger partial charge in [0.2, 0.25) is 0 Å². The second-order valence-electron chi connectivity index (χ2n) is 7.84. The summed E-state index contributed by atoms with van der Waals surface area (Å²) in [5, 5.41) is 7.53. The van der Waals surface area contributed by atoms with Crippen molar-refractivity contribution < 1.29 is 14.3 Å². The summed E-state index contributed by atoms with van der Waals surface area (Å²) in [5.74, 6) is -0.771. The first-order valence-corrected chi connectivity index (χ1v) is 10.8. The van der Waals surface area contributed by atoms with E-state index in [1.165, 1.54) is 5.56 Å². The molecule has 2 aromatic carbocycles. The molecule has 6 heteroatoms. The molecule has 1 N–H and O–H groups in total. The molecule has 3 aromatic rings. The van der Waals surface area contributed by atoms with Gasteiger partial charge in [0.05, 0.1) is 12.3 Å². The lowest BCUT2D eigenvalue weighted by Gasteiger charge is -2.17. The van der Waals surface area contributed by atoms with Gasteiger partial charge in [-0.25, -0.2) is 9.48 Å². The number of ether oxygens (including phenoxy) is 1. The molecule has 0 saturated carbocycles. The van der Waals surface area contributed by atoms with Crippen molar-refractivity contribution in [3.8, 4) is 5.69 Å². The quantitative estimate of drug-likeness (QED) is 0.597. The lowest BCUT2D eigenvalue weighted by molar-refractivity contribution is -0.145. The minimum absolute atomic E-state index is 0.261. The summed E-state index contributed by atoms with van der Waals surface area (Å²) < 4.78 is 7.08.